The van der Waals surface area contributed by atoms with Crippen molar-refractivity contribution in [3.8, 4) is 0 Å². The first-order valence-corrected chi connectivity index (χ1v) is 4.79. The summed E-state index contributed by atoms with van der Waals surface area (Å²) < 4.78 is 0. The predicted molar refractivity (Wildman–Crippen MR) is 54.6 cm³/mol. The smallest absolute Gasteiger partial charge is 0.0650 e. The van der Waals surface area contributed by atoms with Gasteiger partial charge in [-0.05, 0) is 17.7 Å². The molecule has 0 bridgehead atoms. The van der Waals surface area contributed by atoms with Gasteiger partial charge in [0.15, 0.2) is 0 Å². The number of rotatable bonds is 2. The summed E-state index contributed by atoms with van der Waals surface area (Å²) in [6, 6.07) is 7.86. The summed E-state index contributed by atoms with van der Waals surface area (Å²) in [5.74, 6) is 0. The van der Waals surface area contributed by atoms with Gasteiger partial charge in [0.05, 0.1) is 6.17 Å². The minimum absolute atomic E-state index is 0.290. The summed E-state index contributed by atoms with van der Waals surface area (Å²) in [5.41, 5.74) is 1.15. The van der Waals surface area contributed by atoms with Crippen molar-refractivity contribution in [1.29, 1.82) is 0 Å². The van der Waals surface area contributed by atoms with Crippen LogP contribution < -0.4 is 10.6 Å². The lowest BCUT2D eigenvalue weighted by atomic mass is 10.1. The second-order valence-corrected chi connectivity index (χ2v) is 3.54. The lowest BCUT2D eigenvalue weighted by Gasteiger charge is -2.09. The Labute approximate surface area is 83.3 Å². The van der Waals surface area contributed by atoms with Gasteiger partial charge in [0.2, 0.25) is 0 Å². The molecule has 13 heavy (non-hydrogen) atoms. The van der Waals surface area contributed by atoms with Crippen molar-refractivity contribution < 1.29 is 0 Å². The third-order valence-corrected chi connectivity index (χ3v) is 2.30. The normalized spacial score (nSPS) is 17.9. The van der Waals surface area contributed by atoms with Crippen molar-refractivity contribution in [3.63, 3.8) is 0 Å². The van der Waals surface area contributed by atoms with Gasteiger partial charge in [-0.1, -0.05) is 23.7 Å². The van der Waals surface area contributed by atoms with E-state index in [1.807, 2.05) is 24.3 Å². The lowest BCUT2D eigenvalue weighted by molar-refractivity contribution is 0.634. The molecule has 0 spiro atoms. The summed E-state index contributed by atoms with van der Waals surface area (Å²) in [4.78, 5) is 0. The second-order valence-electron chi connectivity index (χ2n) is 3.11. The van der Waals surface area contributed by atoms with Crippen LogP contribution in [0.2, 0.25) is 5.02 Å². The fourth-order valence-electron chi connectivity index (χ4n) is 1.45. The molecule has 1 saturated heterocycles. The van der Waals surface area contributed by atoms with Crippen LogP contribution in [0.1, 0.15) is 5.56 Å². The fraction of sp³-hybridized carbons (Fsp3) is 0.300. The van der Waals surface area contributed by atoms with Gasteiger partial charge < -0.3 is 10.6 Å². The maximum Gasteiger partial charge on any atom is 0.0650 e. The number of nitrogens with one attached hydrogen (secondary N) is 2. The van der Waals surface area contributed by atoms with E-state index < -0.39 is 0 Å². The van der Waals surface area contributed by atoms with Crippen molar-refractivity contribution >= 4 is 11.6 Å². The second kappa shape index (κ2) is 4.09. The predicted octanol–water partition coefficient (Wildman–Crippen LogP) is 1.41. The number of hydrogen-bond acceptors (Lipinski definition) is 2. The van der Waals surface area contributed by atoms with Gasteiger partial charge in [0, 0.05) is 24.5 Å². The molecule has 1 aromatic carbocycles. The topological polar surface area (TPSA) is 24.1 Å². The minimum Gasteiger partial charge on any atom is -0.300 e. The van der Waals surface area contributed by atoms with Crippen molar-refractivity contribution in [2.24, 2.45) is 0 Å². The molecule has 0 saturated carbocycles. The van der Waals surface area contributed by atoms with Crippen LogP contribution in [-0.4, -0.2) is 19.3 Å². The summed E-state index contributed by atoms with van der Waals surface area (Å²) in [7, 11) is 0. The molecular weight excluding hydrogens is 184 g/mol. The van der Waals surface area contributed by atoms with E-state index in [0.29, 0.717) is 6.17 Å². The molecule has 0 aromatic heterocycles. The molecule has 2 rings (SSSR count). The molecule has 1 aromatic rings. The summed E-state index contributed by atoms with van der Waals surface area (Å²) in [5, 5.41) is 7.41. The lowest BCUT2D eigenvalue weighted by Crippen LogP contribution is -2.31. The Kier molecular flexibility index (Phi) is 2.83. The van der Waals surface area contributed by atoms with E-state index >= 15 is 0 Å². The van der Waals surface area contributed by atoms with E-state index in [9.17, 15) is 0 Å². The SMILES string of the molecule is Clc1cccc([CH]C2NCCN2)c1. The summed E-state index contributed by atoms with van der Waals surface area (Å²) in [6.07, 6.45) is 2.43. The molecule has 1 fully saturated rings. The monoisotopic (exact) mass is 195 g/mol. The number of halogens is 1. The molecule has 1 aliphatic rings. The van der Waals surface area contributed by atoms with Crippen LogP contribution in [0.15, 0.2) is 24.3 Å². The third kappa shape index (κ3) is 2.44. The first-order valence-electron chi connectivity index (χ1n) is 4.42. The van der Waals surface area contributed by atoms with Gasteiger partial charge in [-0.2, -0.15) is 0 Å². The Morgan fingerprint density at radius 1 is 1.31 bits per heavy atom. The molecule has 1 aliphatic heterocycles. The van der Waals surface area contributed by atoms with Crippen LogP contribution in [0.3, 0.4) is 0 Å². The Morgan fingerprint density at radius 2 is 2.08 bits per heavy atom. The van der Waals surface area contributed by atoms with Crippen molar-refractivity contribution in [2.45, 2.75) is 6.17 Å². The first kappa shape index (κ1) is 9.00. The van der Waals surface area contributed by atoms with Gasteiger partial charge in [-0.25, -0.2) is 0 Å². The van der Waals surface area contributed by atoms with Crippen LogP contribution in [0.5, 0.6) is 0 Å². The first-order chi connectivity index (χ1) is 6.34. The Balaban J connectivity index is 2.00. The molecule has 0 atom stereocenters. The van der Waals surface area contributed by atoms with E-state index in [2.05, 4.69) is 17.1 Å². The molecule has 3 heteroatoms. The average molecular weight is 196 g/mol. The van der Waals surface area contributed by atoms with E-state index in [0.717, 1.165) is 23.7 Å². The molecule has 69 valence electrons. The zero-order valence-corrected chi connectivity index (χ0v) is 8.01. The third-order valence-electron chi connectivity index (χ3n) is 2.06. The van der Waals surface area contributed by atoms with Gasteiger partial charge in [0.1, 0.15) is 0 Å². The van der Waals surface area contributed by atoms with Crippen LogP contribution in [0.4, 0.5) is 0 Å². The van der Waals surface area contributed by atoms with E-state index in [4.69, 9.17) is 11.6 Å². The highest BCUT2D eigenvalue weighted by Gasteiger charge is 2.13. The van der Waals surface area contributed by atoms with E-state index in [1.54, 1.807) is 0 Å². The molecule has 1 radical (unpaired) electrons. The minimum atomic E-state index is 0.290. The molecule has 1 heterocycles. The highest BCUT2D eigenvalue weighted by molar-refractivity contribution is 6.30. The van der Waals surface area contributed by atoms with Gasteiger partial charge in [-0.15, -0.1) is 0 Å². The van der Waals surface area contributed by atoms with Crippen LogP contribution in [0, 0.1) is 6.42 Å². The van der Waals surface area contributed by atoms with Crippen molar-refractivity contribution in [1.82, 2.24) is 10.6 Å². The number of hydrogen-bond donors (Lipinski definition) is 2. The molecule has 2 nitrogen and oxygen atoms in total. The van der Waals surface area contributed by atoms with Gasteiger partial charge in [0.25, 0.3) is 0 Å². The highest BCUT2D eigenvalue weighted by atomic mass is 35.5. The highest BCUT2D eigenvalue weighted by Crippen LogP contribution is 2.13. The average Bonchev–Trinajstić information content (AvgIpc) is 2.57. The molecule has 2 N–H and O–H groups in total. The zero-order chi connectivity index (χ0) is 9.10. The van der Waals surface area contributed by atoms with E-state index in [1.165, 1.54) is 0 Å². The maximum absolute atomic E-state index is 5.87. The summed E-state index contributed by atoms with van der Waals surface area (Å²) >= 11 is 5.87. The molecular formula is C10H12ClN2. The van der Waals surface area contributed by atoms with Crippen LogP contribution in [0.25, 0.3) is 0 Å². The van der Waals surface area contributed by atoms with Crippen LogP contribution in [-0.2, 0) is 0 Å². The molecule has 0 amide bonds. The summed E-state index contributed by atoms with van der Waals surface area (Å²) in [6.45, 7) is 2.06. The Bertz CT molecular complexity index is 282. The van der Waals surface area contributed by atoms with Gasteiger partial charge >= 0.3 is 0 Å². The van der Waals surface area contributed by atoms with Crippen molar-refractivity contribution in [2.75, 3.05) is 13.1 Å². The zero-order valence-electron chi connectivity index (χ0n) is 7.26. The quantitative estimate of drug-likeness (QED) is 0.746. The Morgan fingerprint density at radius 3 is 2.77 bits per heavy atom. The maximum atomic E-state index is 5.87. The Hall–Kier alpha value is -0.570. The number of benzene rings is 1. The molecule has 0 unspecified atom stereocenters. The van der Waals surface area contributed by atoms with E-state index in [-0.39, 0.29) is 0 Å². The van der Waals surface area contributed by atoms with Gasteiger partial charge in [-0.3, -0.25) is 0 Å². The van der Waals surface area contributed by atoms with Crippen molar-refractivity contribution in [3.05, 3.63) is 41.3 Å². The standard InChI is InChI=1S/C10H12ClN2/c11-9-3-1-2-8(6-9)7-10-12-4-5-13-10/h1-3,6-7,10,12-13H,4-5H2. The largest absolute Gasteiger partial charge is 0.300 e. The van der Waals surface area contributed by atoms with Crippen LogP contribution >= 0.6 is 11.6 Å². The fourth-order valence-corrected chi connectivity index (χ4v) is 1.65. The molecule has 0 aliphatic carbocycles.